The lowest BCUT2D eigenvalue weighted by Crippen LogP contribution is -2.20. The van der Waals surface area contributed by atoms with Crippen LogP contribution in [0.5, 0.6) is 5.75 Å². The third kappa shape index (κ3) is 3.13. The molecule has 2 atom stereocenters. The summed E-state index contributed by atoms with van der Waals surface area (Å²) in [6, 6.07) is 19.4. The molecule has 0 aliphatic rings. The minimum absolute atomic E-state index is 0.342. The first-order valence-electron chi connectivity index (χ1n) is 6.73. The normalized spacial score (nSPS) is 12.5. The number of hydrogen-bond donors (Lipinski definition) is 0. The number of methoxy groups -OCH3 is 1. The quantitative estimate of drug-likeness (QED) is 0.792. The van der Waals surface area contributed by atoms with Crippen LogP contribution < -0.4 is 4.74 Å². The number of ether oxygens (including phenoxy) is 1. The van der Waals surface area contributed by atoms with Crippen molar-refractivity contribution in [3.05, 3.63) is 65.7 Å². The first-order chi connectivity index (χ1) is 10.7. The topological polar surface area (TPSA) is 73.9 Å². The number of benzene rings is 2. The maximum atomic E-state index is 12.5. The van der Waals surface area contributed by atoms with E-state index >= 15 is 0 Å². The Hall–Kier alpha value is -3.11. The van der Waals surface area contributed by atoms with Crippen LogP contribution in [0, 0.1) is 28.6 Å². The molecule has 2 aromatic rings. The van der Waals surface area contributed by atoms with Crippen molar-refractivity contribution in [1.82, 2.24) is 0 Å². The zero-order valence-corrected chi connectivity index (χ0v) is 12.1. The Morgan fingerprint density at radius 1 is 1.00 bits per heavy atom. The standard InChI is InChI=1S/C18H14N2O2/c1-22-15-9-7-13(8-10-15)16(11-19)17(12-20)18(21)14-5-3-2-4-6-14/h2-10,16-17H,1H3. The van der Waals surface area contributed by atoms with Gasteiger partial charge in [-0.05, 0) is 17.7 Å². The van der Waals surface area contributed by atoms with Crippen LogP contribution in [-0.2, 0) is 0 Å². The van der Waals surface area contributed by atoms with Crippen LogP contribution >= 0.6 is 0 Å². The van der Waals surface area contributed by atoms with Crippen LogP contribution in [0.25, 0.3) is 0 Å². The van der Waals surface area contributed by atoms with E-state index in [1.165, 1.54) is 0 Å². The molecule has 4 nitrogen and oxygen atoms in total. The fourth-order valence-electron chi connectivity index (χ4n) is 2.22. The minimum Gasteiger partial charge on any atom is -0.497 e. The lowest BCUT2D eigenvalue weighted by Gasteiger charge is -2.15. The fourth-order valence-corrected chi connectivity index (χ4v) is 2.22. The fraction of sp³-hybridized carbons (Fsp3) is 0.167. The first kappa shape index (κ1) is 15.3. The predicted octanol–water partition coefficient (Wildman–Crippen LogP) is 3.33. The number of carbonyl (C=O) groups is 1. The number of rotatable bonds is 5. The van der Waals surface area contributed by atoms with Crippen molar-refractivity contribution in [2.75, 3.05) is 7.11 Å². The highest BCUT2D eigenvalue weighted by molar-refractivity contribution is 6.00. The number of ketones is 1. The summed E-state index contributed by atoms with van der Waals surface area (Å²) in [6.07, 6.45) is 0. The van der Waals surface area contributed by atoms with Crippen LogP contribution in [0.4, 0.5) is 0 Å². The van der Waals surface area contributed by atoms with Crippen LogP contribution in [0.3, 0.4) is 0 Å². The second-order valence-corrected chi connectivity index (χ2v) is 4.72. The molecule has 0 heterocycles. The summed E-state index contributed by atoms with van der Waals surface area (Å²) < 4.78 is 5.07. The van der Waals surface area contributed by atoms with E-state index < -0.39 is 11.8 Å². The molecule has 0 radical (unpaired) electrons. The van der Waals surface area contributed by atoms with Crippen molar-refractivity contribution in [3.63, 3.8) is 0 Å². The van der Waals surface area contributed by atoms with E-state index in [1.807, 2.05) is 6.07 Å². The Labute approximate surface area is 129 Å². The lowest BCUT2D eigenvalue weighted by atomic mass is 9.83. The highest BCUT2D eigenvalue weighted by atomic mass is 16.5. The summed E-state index contributed by atoms with van der Waals surface area (Å²) in [7, 11) is 1.55. The first-order valence-corrected chi connectivity index (χ1v) is 6.73. The SMILES string of the molecule is COc1ccc(C(C#N)C(C#N)C(=O)c2ccccc2)cc1. The van der Waals surface area contributed by atoms with Gasteiger partial charge in [0.1, 0.15) is 11.7 Å². The largest absolute Gasteiger partial charge is 0.497 e. The second kappa shape index (κ2) is 7.06. The van der Waals surface area contributed by atoms with E-state index in [4.69, 9.17) is 4.74 Å². The van der Waals surface area contributed by atoms with Crippen LogP contribution in [-0.4, -0.2) is 12.9 Å². The second-order valence-electron chi connectivity index (χ2n) is 4.72. The van der Waals surface area contributed by atoms with Gasteiger partial charge in [0.25, 0.3) is 0 Å². The van der Waals surface area contributed by atoms with Gasteiger partial charge < -0.3 is 4.74 Å². The summed E-state index contributed by atoms with van der Waals surface area (Å²) in [5.41, 5.74) is 1.06. The number of nitriles is 2. The molecule has 108 valence electrons. The molecule has 2 unspecified atom stereocenters. The molecule has 0 aliphatic carbocycles. The van der Waals surface area contributed by atoms with Crippen LogP contribution in [0.1, 0.15) is 21.8 Å². The molecule has 0 aliphatic heterocycles. The van der Waals surface area contributed by atoms with Gasteiger partial charge in [0.15, 0.2) is 5.78 Å². The van der Waals surface area contributed by atoms with E-state index in [0.717, 1.165) is 0 Å². The number of Topliss-reactive ketones (excluding diaryl/α,β-unsaturated/α-hetero) is 1. The maximum absolute atomic E-state index is 12.5. The summed E-state index contributed by atoms with van der Waals surface area (Å²) in [5, 5.41) is 18.8. The number of carbonyl (C=O) groups excluding carboxylic acids is 1. The molecule has 22 heavy (non-hydrogen) atoms. The summed E-state index contributed by atoms with van der Waals surface area (Å²) in [4.78, 5) is 12.5. The molecule has 0 saturated carbocycles. The Balaban J connectivity index is 2.33. The molecule has 2 rings (SSSR count). The van der Waals surface area contributed by atoms with E-state index in [1.54, 1.807) is 61.7 Å². The zero-order valence-electron chi connectivity index (χ0n) is 12.1. The van der Waals surface area contributed by atoms with Crippen molar-refractivity contribution in [3.8, 4) is 17.9 Å². The third-order valence-corrected chi connectivity index (χ3v) is 3.43. The molecule has 4 heteroatoms. The van der Waals surface area contributed by atoms with E-state index in [2.05, 4.69) is 6.07 Å². The smallest absolute Gasteiger partial charge is 0.181 e. The number of hydrogen-bond acceptors (Lipinski definition) is 4. The van der Waals surface area contributed by atoms with Crippen molar-refractivity contribution >= 4 is 5.78 Å². The van der Waals surface area contributed by atoms with Crippen LogP contribution in [0.2, 0.25) is 0 Å². The Morgan fingerprint density at radius 3 is 2.14 bits per heavy atom. The Kier molecular flexibility index (Phi) is 4.90. The van der Waals surface area contributed by atoms with E-state index in [9.17, 15) is 15.3 Å². The third-order valence-electron chi connectivity index (χ3n) is 3.43. The van der Waals surface area contributed by atoms with Gasteiger partial charge in [-0.25, -0.2) is 0 Å². The van der Waals surface area contributed by atoms with Gasteiger partial charge in [0.05, 0.1) is 25.2 Å². The number of nitrogens with zero attached hydrogens (tertiary/aromatic N) is 2. The summed E-state index contributed by atoms with van der Waals surface area (Å²) in [6.45, 7) is 0. The average molecular weight is 290 g/mol. The van der Waals surface area contributed by atoms with Crippen molar-refractivity contribution in [2.45, 2.75) is 5.92 Å². The molecule has 0 N–H and O–H groups in total. The zero-order chi connectivity index (χ0) is 15.9. The molecular formula is C18H14N2O2. The highest BCUT2D eigenvalue weighted by Gasteiger charge is 2.30. The minimum atomic E-state index is -1.04. The average Bonchev–Trinajstić information content (AvgIpc) is 2.60. The lowest BCUT2D eigenvalue weighted by molar-refractivity contribution is 0.0942. The molecule has 0 saturated heterocycles. The summed E-state index contributed by atoms with van der Waals surface area (Å²) in [5.74, 6) is -1.54. The molecule has 0 amide bonds. The molecule has 0 spiro atoms. The van der Waals surface area contributed by atoms with E-state index in [-0.39, 0.29) is 5.78 Å². The van der Waals surface area contributed by atoms with Gasteiger partial charge in [-0.2, -0.15) is 10.5 Å². The predicted molar refractivity (Wildman–Crippen MR) is 81.2 cm³/mol. The molecule has 2 aromatic carbocycles. The van der Waals surface area contributed by atoms with Crippen molar-refractivity contribution in [2.24, 2.45) is 5.92 Å². The maximum Gasteiger partial charge on any atom is 0.181 e. The molecular weight excluding hydrogens is 276 g/mol. The van der Waals surface area contributed by atoms with Gasteiger partial charge in [0.2, 0.25) is 0 Å². The van der Waals surface area contributed by atoms with Crippen LogP contribution in [0.15, 0.2) is 54.6 Å². The molecule has 0 fully saturated rings. The highest BCUT2D eigenvalue weighted by Crippen LogP contribution is 2.28. The van der Waals surface area contributed by atoms with Crippen molar-refractivity contribution in [1.29, 1.82) is 10.5 Å². The van der Waals surface area contributed by atoms with Gasteiger partial charge >= 0.3 is 0 Å². The van der Waals surface area contributed by atoms with Gasteiger partial charge in [-0.1, -0.05) is 42.5 Å². The summed E-state index contributed by atoms with van der Waals surface area (Å²) >= 11 is 0. The van der Waals surface area contributed by atoms with Gasteiger partial charge in [-0.3, -0.25) is 4.79 Å². The Morgan fingerprint density at radius 2 is 1.64 bits per heavy atom. The van der Waals surface area contributed by atoms with Gasteiger partial charge in [0, 0.05) is 5.56 Å². The molecule has 0 bridgehead atoms. The van der Waals surface area contributed by atoms with Crippen molar-refractivity contribution < 1.29 is 9.53 Å². The molecule has 0 aromatic heterocycles. The van der Waals surface area contributed by atoms with E-state index in [0.29, 0.717) is 16.9 Å². The monoisotopic (exact) mass is 290 g/mol. The Bertz CT molecular complexity index is 724. The van der Waals surface area contributed by atoms with Gasteiger partial charge in [-0.15, -0.1) is 0 Å².